The van der Waals surface area contributed by atoms with Crippen LogP contribution in [-0.4, -0.2) is 5.25 Å². The number of hydrogen-bond acceptors (Lipinski definition) is 2. The average molecular weight is 255 g/mol. The Kier molecular flexibility index (Phi) is 4.95. The second-order valence-corrected chi connectivity index (χ2v) is 5.70. The Hall–Kier alpha value is -1.08. The van der Waals surface area contributed by atoms with Crippen LogP contribution in [0.3, 0.4) is 0 Å². The zero-order chi connectivity index (χ0) is 12.9. The zero-order valence-corrected chi connectivity index (χ0v) is 10.7. The molecule has 4 heteroatoms. The topological polar surface area (TPSA) is 23.8 Å². The van der Waals surface area contributed by atoms with Crippen LogP contribution in [0.4, 0.5) is 8.78 Å². The summed E-state index contributed by atoms with van der Waals surface area (Å²) in [6, 6.07) is 8.06. The lowest BCUT2D eigenvalue weighted by Gasteiger charge is -2.15. The van der Waals surface area contributed by atoms with E-state index in [9.17, 15) is 8.78 Å². The highest BCUT2D eigenvalue weighted by atomic mass is 32.2. The van der Waals surface area contributed by atoms with Gasteiger partial charge in [-0.2, -0.15) is 5.26 Å². The van der Waals surface area contributed by atoms with Gasteiger partial charge >= 0.3 is 0 Å². The molecule has 0 aromatic heterocycles. The Balaban J connectivity index is 2.76. The van der Waals surface area contributed by atoms with Crippen molar-refractivity contribution in [2.75, 3.05) is 0 Å². The van der Waals surface area contributed by atoms with Crippen molar-refractivity contribution in [3.8, 4) is 6.07 Å². The van der Waals surface area contributed by atoms with E-state index in [-0.39, 0.29) is 12.0 Å². The Bertz CT molecular complexity index is 393. The SMILES string of the molecule is CC(C)Sc1ccc(C(F)(F)CCC#N)cc1. The third kappa shape index (κ3) is 4.35. The first-order chi connectivity index (χ1) is 7.95. The highest BCUT2D eigenvalue weighted by Gasteiger charge is 2.30. The molecule has 1 rings (SSSR count). The summed E-state index contributed by atoms with van der Waals surface area (Å²) in [6.07, 6.45) is -0.546. The van der Waals surface area contributed by atoms with E-state index in [0.717, 1.165) is 4.90 Å². The summed E-state index contributed by atoms with van der Waals surface area (Å²) in [5.41, 5.74) is -0.0131. The van der Waals surface area contributed by atoms with Gasteiger partial charge in [-0.05, 0) is 12.1 Å². The molecule has 0 saturated carbocycles. The molecule has 0 atom stereocenters. The predicted molar refractivity (Wildman–Crippen MR) is 66.2 cm³/mol. The highest BCUT2D eigenvalue weighted by Crippen LogP contribution is 2.34. The Morgan fingerprint density at radius 3 is 2.35 bits per heavy atom. The summed E-state index contributed by atoms with van der Waals surface area (Å²) in [5.74, 6) is -2.91. The first-order valence-electron chi connectivity index (χ1n) is 5.47. The van der Waals surface area contributed by atoms with E-state index in [2.05, 4.69) is 13.8 Å². The summed E-state index contributed by atoms with van der Waals surface area (Å²) in [6.45, 7) is 4.11. The van der Waals surface area contributed by atoms with Crippen molar-refractivity contribution in [1.82, 2.24) is 0 Å². The van der Waals surface area contributed by atoms with Crippen molar-refractivity contribution in [2.24, 2.45) is 0 Å². The van der Waals surface area contributed by atoms with Crippen LogP contribution in [0.2, 0.25) is 0 Å². The van der Waals surface area contributed by atoms with Crippen molar-refractivity contribution in [3.63, 3.8) is 0 Å². The number of thioether (sulfide) groups is 1. The van der Waals surface area contributed by atoms with Crippen molar-refractivity contribution < 1.29 is 8.78 Å². The number of halogens is 2. The molecule has 0 fully saturated rings. The Morgan fingerprint density at radius 2 is 1.88 bits per heavy atom. The van der Waals surface area contributed by atoms with Crippen LogP contribution in [0.25, 0.3) is 0 Å². The van der Waals surface area contributed by atoms with Gasteiger partial charge in [-0.1, -0.05) is 26.0 Å². The van der Waals surface area contributed by atoms with Crippen molar-refractivity contribution in [2.45, 2.75) is 42.8 Å². The molecule has 1 aromatic carbocycles. The van der Waals surface area contributed by atoms with Crippen LogP contribution >= 0.6 is 11.8 Å². The molecule has 0 spiro atoms. The summed E-state index contributed by atoms with van der Waals surface area (Å²) < 4.78 is 27.2. The maximum Gasteiger partial charge on any atom is 0.274 e. The van der Waals surface area contributed by atoms with E-state index >= 15 is 0 Å². The summed E-state index contributed by atoms with van der Waals surface area (Å²) in [7, 11) is 0. The van der Waals surface area contributed by atoms with Crippen LogP contribution in [0.15, 0.2) is 29.2 Å². The van der Waals surface area contributed by atoms with Gasteiger partial charge in [0.15, 0.2) is 0 Å². The minimum Gasteiger partial charge on any atom is -0.201 e. The van der Waals surface area contributed by atoms with Gasteiger partial charge in [0.1, 0.15) is 0 Å². The first kappa shape index (κ1) is 14.0. The molecule has 0 unspecified atom stereocenters. The molecule has 0 heterocycles. The van der Waals surface area contributed by atoms with Crippen molar-refractivity contribution >= 4 is 11.8 Å². The molecule has 92 valence electrons. The number of nitrogens with zero attached hydrogens (tertiary/aromatic N) is 1. The van der Waals surface area contributed by atoms with Crippen LogP contribution in [0.5, 0.6) is 0 Å². The predicted octanol–water partition coefficient (Wildman–Crippen LogP) is 4.58. The van der Waals surface area contributed by atoms with Gasteiger partial charge < -0.3 is 0 Å². The average Bonchev–Trinajstić information content (AvgIpc) is 2.26. The van der Waals surface area contributed by atoms with Gasteiger partial charge in [-0.3, -0.25) is 0 Å². The summed E-state index contributed by atoms with van der Waals surface area (Å²) in [5, 5.41) is 8.76. The standard InChI is InChI=1S/C13H15F2NS/c1-10(2)17-12-6-4-11(5-7-12)13(14,15)8-3-9-16/h4-7,10H,3,8H2,1-2H3. The molecule has 0 saturated heterocycles. The van der Waals surface area contributed by atoms with Gasteiger partial charge in [-0.15, -0.1) is 11.8 Å². The zero-order valence-electron chi connectivity index (χ0n) is 9.91. The normalized spacial score (nSPS) is 11.5. The Labute approximate surface area is 105 Å². The Morgan fingerprint density at radius 1 is 1.29 bits per heavy atom. The van der Waals surface area contributed by atoms with E-state index < -0.39 is 12.3 Å². The van der Waals surface area contributed by atoms with Crippen LogP contribution in [0.1, 0.15) is 32.3 Å². The van der Waals surface area contributed by atoms with E-state index in [1.54, 1.807) is 30.0 Å². The largest absolute Gasteiger partial charge is 0.274 e. The molecule has 0 N–H and O–H groups in total. The van der Waals surface area contributed by atoms with Crippen LogP contribution in [-0.2, 0) is 5.92 Å². The number of hydrogen-bond donors (Lipinski definition) is 0. The lowest BCUT2D eigenvalue weighted by Crippen LogP contribution is -2.12. The molecule has 0 aliphatic rings. The highest BCUT2D eigenvalue weighted by molar-refractivity contribution is 7.99. The quantitative estimate of drug-likeness (QED) is 0.719. The summed E-state index contributed by atoms with van der Waals surface area (Å²) in [4.78, 5) is 0.986. The van der Waals surface area contributed by atoms with Gasteiger partial charge in [0.05, 0.1) is 6.07 Å². The summed E-state index contributed by atoms with van der Waals surface area (Å²) >= 11 is 1.64. The fourth-order valence-electron chi connectivity index (χ4n) is 1.41. The molecule has 0 aliphatic carbocycles. The lowest BCUT2D eigenvalue weighted by molar-refractivity contribution is -0.0120. The number of nitriles is 1. The van der Waals surface area contributed by atoms with Crippen LogP contribution in [0, 0.1) is 11.3 Å². The number of benzene rings is 1. The van der Waals surface area contributed by atoms with Gasteiger partial charge in [0.25, 0.3) is 5.92 Å². The van der Waals surface area contributed by atoms with Crippen LogP contribution < -0.4 is 0 Å². The molecule has 0 bridgehead atoms. The fourth-order valence-corrected chi connectivity index (χ4v) is 2.24. The van der Waals surface area contributed by atoms with Crippen molar-refractivity contribution in [1.29, 1.82) is 5.26 Å². The van der Waals surface area contributed by atoms with Crippen molar-refractivity contribution in [3.05, 3.63) is 29.8 Å². The molecular weight excluding hydrogens is 240 g/mol. The molecule has 0 radical (unpaired) electrons. The molecule has 0 amide bonds. The van der Waals surface area contributed by atoms with E-state index in [0.29, 0.717) is 5.25 Å². The second-order valence-electron chi connectivity index (χ2n) is 4.05. The monoisotopic (exact) mass is 255 g/mol. The fraction of sp³-hybridized carbons (Fsp3) is 0.462. The lowest BCUT2D eigenvalue weighted by atomic mass is 10.0. The maximum absolute atomic E-state index is 13.6. The molecule has 1 aromatic rings. The second kappa shape index (κ2) is 6.02. The van der Waals surface area contributed by atoms with E-state index in [4.69, 9.17) is 5.26 Å². The van der Waals surface area contributed by atoms with E-state index in [1.165, 1.54) is 12.1 Å². The van der Waals surface area contributed by atoms with Gasteiger partial charge in [0.2, 0.25) is 0 Å². The van der Waals surface area contributed by atoms with E-state index in [1.807, 2.05) is 0 Å². The first-order valence-corrected chi connectivity index (χ1v) is 6.35. The smallest absolute Gasteiger partial charge is 0.201 e. The third-order valence-corrected chi connectivity index (χ3v) is 3.21. The van der Waals surface area contributed by atoms with Gasteiger partial charge in [0, 0.05) is 28.6 Å². The number of rotatable bonds is 5. The third-order valence-electron chi connectivity index (χ3n) is 2.20. The molecular formula is C13H15F2NS. The molecule has 1 nitrogen and oxygen atoms in total. The van der Waals surface area contributed by atoms with Gasteiger partial charge in [-0.25, -0.2) is 8.78 Å². The number of alkyl halides is 2. The molecule has 0 aliphatic heterocycles. The maximum atomic E-state index is 13.6. The minimum absolute atomic E-state index is 0.0131. The minimum atomic E-state index is -2.91. The molecule has 17 heavy (non-hydrogen) atoms.